The summed E-state index contributed by atoms with van der Waals surface area (Å²) in [6.45, 7) is 4.45. The molecule has 21 heavy (non-hydrogen) atoms. The van der Waals surface area contributed by atoms with Crippen LogP contribution >= 0.6 is 0 Å². The van der Waals surface area contributed by atoms with Crippen LogP contribution in [0.1, 0.15) is 28.5 Å². The third-order valence-corrected chi connectivity index (χ3v) is 3.07. The van der Waals surface area contributed by atoms with Crippen molar-refractivity contribution in [2.24, 2.45) is 0 Å². The molecule has 0 spiro atoms. The molecule has 0 bridgehead atoms. The molecule has 0 N–H and O–H groups in total. The summed E-state index contributed by atoms with van der Waals surface area (Å²) in [5.74, 6) is -0.134. The van der Waals surface area contributed by atoms with Crippen LogP contribution in [0.5, 0.6) is 0 Å². The van der Waals surface area contributed by atoms with Gasteiger partial charge in [-0.05, 0) is 37.6 Å². The average Bonchev–Trinajstić information content (AvgIpc) is 2.86. The number of hydrogen-bond acceptors (Lipinski definition) is 4. The lowest BCUT2D eigenvalue weighted by molar-refractivity contribution is -0.384. The fourth-order valence-corrected chi connectivity index (χ4v) is 1.89. The Bertz CT molecular complexity index is 699. The van der Waals surface area contributed by atoms with Crippen molar-refractivity contribution in [2.75, 3.05) is 0 Å². The second-order valence-electron chi connectivity index (χ2n) is 4.53. The maximum Gasteiger partial charge on any atom is 0.269 e. The summed E-state index contributed by atoms with van der Waals surface area (Å²) in [6.07, 6.45) is 4.80. The molecule has 0 aliphatic carbocycles. The van der Waals surface area contributed by atoms with Crippen LogP contribution in [0.3, 0.4) is 0 Å². The molecule has 0 radical (unpaired) electrons. The standard InChI is InChI=1S/C15H15N3O3/c1-3-17-10-14(11(2)16-17)15(19)9-6-12-4-7-13(8-5-12)18(20)21/h4-10H,3H2,1-2H3/b9-6+. The number of nitro benzene ring substituents is 1. The van der Waals surface area contributed by atoms with Crippen LogP contribution in [-0.2, 0) is 6.54 Å². The van der Waals surface area contributed by atoms with E-state index in [2.05, 4.69) is 5.10 Å². The maximum absolute atomic E-state index is 12.1. The van der Waals surface area contributed by atoms with E-state index in [-0.39, 0.29) is 11.5 Å². The second kappa shape index (κ2) is 6.13. The van der Waals surface area contributed by atoms with Gasteiger partial charge in [-0.25, -0.2) is 0 Å². The molecule has 0 amide bonds. The summed E-state index contributed by atoms with van der Waals surface area (Å²) < 4.78 is 1.71. The fraction of sp³-hybridized carbons (Fsp3) is 0.200. The molecular weight excluding hydrogens is 270 g/mol. The molecular formula is C15H15N3O3. The highest BCUT2D eigenvalue weighted by atomic mass is 16.6. The number of allylic oxidation sites excluding steroid dienone is 1. The number of nitrogens with zero attached hydrogens (tertiary/aromatic N) is 3. The van der Waals surface area contributed by atoms with Crippen molar-refractivity contribution in [3.63, 3.8) is 0 Å². The van der Waals surface area contributed by atoms with Gasteiger partial charge in [0.25, 0.3) is 5.69 Å². The van der Waals surface area contributed by atoms with E-state index in [0.717, 1.165) is 5.56 Å². The van der Waals surface area contributed by atoms with Gasteiger partial charge in [-0.3, -0.25) is 19.6 Å². The molecule has 0 fully saturated rings. The number of non-ortho nitro benzene ring substituents is 1. The van der Waals surface area contributed by atoms with Gasteiger partial charge in [-0.1, -0.05) is 6.08 Å². The highest BCUT2D eigenvalue weighted by Crippen LogP contribution is 2.14. The summed E-state index contributed by atoms with van der Waals surface area (Å²) in [5.41, 5.74) is 2.01. The van der Waals surface area contributed by atoms with Crippen molar-refractivity contribution in [1.82, 2.24) is 9.78 Å². The number of nitro groups is 1. The molecule has 0 aliphatic heterocycles. The van der Waals surface area contributed by atoms with Gasteiger partial charge in [-0.15, -0.1) is 0 Å². The molecule has 2 aromatic rings. The molecule has 6 nitrogen and oxygen atoms in total. The molecule has 0 atom stereocenters. The zero-order valence-corrected chi connectivity index (χ0v) is 11.8. The minimum atomic E-state index is -0.457. The lowest BCUT2D eigenvalue weighted by Gasteiger charge is -1.94. The van der Waals surface area contributed by atoms with E-state index in [0.29, 0.717) is 17.8 Å². The van der Waals surface area contributed by atoms with Gasteiger partial charge in [0.1, 0.15) is 0 Å². The van der Waals surface area contributed by atoms with Gasteiger partial charge >= 0.3 is 0 Å². The van der Waals surface area contributed by atoms with Crippen molar-refractivity contribution in [3.8, 4) is 0 Å². The highest BCUT2D eigenvalue weighted by molar-refractivity contribution is 6.07. The predicted molar refractivity (Wildman–Crippen MR) is 79.1 cm³/mol. The van der Waals surface area contributed by atoms with Crippen molar-refractivity contribution >= 4 is 17.5 Å². The zero-order valence-electron chi connectivity index (χ0n) is 11.8. The maximum atomic E-state index is 12.1. The Labute approximate surface area is 121 Å². The van der Waals surface area contributed by atoms with Gasteiger partial charge in [0.2, 0.25) is 0 Å². The van der Waals surface area contributed by atoms with E-state index < -0.39 is 4.92 Å². The number of aryl methyl sites for hydroxylation is 2. The zero-order chi connectivity index (χ0) is 15.4. The number of carbonyl (C=O) groups is 1. The van der Waals surface area contributed by atoms with Gasteiger partial charge in [0, 0.05) is 24.9 Å². The van der Waals surface area contributed by atoms with E-state index in [9.17, 15) is 14.9 Å². The Morgan fingerprint density at radius 3 is 2.57 bits per heavy atom. The number of benzene rings is 1. The topological polar surface area (TPSA) is 78.0 Å². The van der Waals surface area contributed by atoms with Crippen LogP contribution in [0, 0.1) is 17.0 Å². The normalized spacial score (nSPS) is 11.0. The summed E-state index contributed by atoms with van der Waals surface area (Å²) in [6, 6.07) is 6.02. The third kappa shape index (κ3) is 3.42. The number of hydrogen-bond donors (Lipinski definition) is 0. The van der Waals surface area contributed by atoms with Crippen LogP contribution in [0.4, 0.5) is 5.69 Å². The van der Waals surface area contributed by atoms with Crippen molar-refractivity contribution in [1.29, 1.82) is 0 Å². The van der Waals surface area contributed by atoms with E-state index >= 15 is 0 Å². The van der Waals surface area contributed by atoms with Crippen LogP contribution < -0.4 is 0 Å². The number of aromatic nitrogens is 2. The summed E-state index contributed by atoms with van der Waals surface area (Å²) in [7, 11) is 0. The van der Waals surface area contributed by atoms with Gasteiger partial charge < -0.3 is 0 Å². The quantitative estimate of drug-likeness (QED) is 0.366. The lowest BCUT2D eigenvalue weighted by atomic mass is 10.1. The molecule has 0 saturated heterocycles. The number of rotatable bonds is 5. The Morgan fingerprint density at radius 2 is 2.05 bits per heavy atom. The highest BCUT2D eigenvalue weighted by Gasteiger charge is 2.10. The molecule has 2 rings (SSSR count). The molecule has 6 heteroatoms. The van der Waals surface area contributed by atoms with Gasteiger partial charge in [0.15, 0.2) is 5.78 Å². The largest absolute Gasteiger partial charge is 0.289 e. The smallest absolute Gasteiger partial charge is 0.269 e. The number of ketones is 1. The minimum Gasteiger partial charge on any atom is -0.289 e. The molecule has 0 aliphatic rings. The average molecular weight is 285 g/mol. The Morgan fingerprint density at radius 1 is 1.38 bits per heavy atom. The molecule has 0 saturated carbocycles. The monoisotopic (exact) mass is 285 g/mol. The minimum absolute atomic E-state index is 0.0264. The third-order valence-electron chi connectivity index (χ3n) is 3.07. The van der Waals surface area contributed by atoms with Crippen LogP contribution in [0.15, 0.2) is 36.5 Å². The second-order valence-corrected chi connectivity index (χ2v) is 4.53. The summed E-state index contributed by atoms with van der Waals surface area (Å²) in [5, 5.41) is 14.8. The van der Waals surface area contributed by atoms with Gasteiger partial charge in [0.05, 0.1) is 16.2 Å². The first kappa shape index (κ1) is 14.6. The van der Waals surface area contributed by atoms with Crippen molar-refractivity contribution in [3.05, 3.63) is 63.5 Å². The predicted octanol–water partition coefficient (Wildman–Crippen LogP) is 3.02. The first-order valence-corrected chi connectivity index (χ1v) is 6.52. The van der Waals surface area contributed by atoms with Crippen LogP contribution in [-0.4, -0.2) is 20.5 Å². The lowest BCUT2D eigenvalue weighted by Crippen LogP contribution is -1.95. The summed E-state index contributed by atoms with van der Waals surface area (Å²) in [4.78, 5) is 22.2. The Hall–Kier alpha value is -2.76. The Balaban J connectivity index is 2.14. The van der Waals surface area contributed by atoms with Crippen LogP contribution in [0.25, 0.3) is 6.08 Å². The molecule has 1 aromatic carbocycles. The molecule has 108 valence electrons. The van der Waals surface area contributed by atoms with E-state index in [1.54, 1.807) is 36.0 Å². The van der Waals surface area contributed by atoms with Crippen molar-refractivity contribution < 1.29 is 9.72 Å². The van der Waals surface area contributed by atoms with E-state index in [1.807, 2.05) is 6.92 Å². The Kier molecular flexibility index (Phi) is 4.27. The fourth-order valence-electron chi connectivity index (χ4n) is 1.89. The van der Waals surface area contributed by atoms with E-state index in [4.69, 9.17) is 0 Å². The summed E-state index contributed by atoms with van der Waals surface area (Å²) >= 11 is 0. The molecule has 0 unspecified atom stereocenters. The molecule has 1 aromatic heterocycles. The first-order chi connectivity index (χ1) is 10.0. The van der Waals surface area contributed by atoms with E-state index in [1.165, 1.54) is 18.2 Å². The SMILES string of the molecule is CCn1cc(C(=O)/C=C/c2ccc([N+](=O)[O-])cc2)c(C)n1. The molecule has 1 heterocycles. The first-order valence-electron chi connectivity index (χ1n) is 6.52. The van der Waals surface area contributed by atoms with Crippen LogP contribution in [0.2, 0.25) is 0 Å². The van der Waals surface area contributed by atoms with Crippen molar-refractivity contribution in [2.45, 2.75) is 20.4 Å². The number of carbonyl (C=O) groups excluding carboxylic acids is 1. The van der Waals surface area contributed by atoms with Gasteiger partial charge in [-0.2, -0.15) is 5.10 Å².